The van der Waals surface area contributed by atoms with E-state index in [1.54, 1.807) is 35.2 Å². The monoisotopic (exact) mass is 681 g/mol. The van der Waals surface area contributed by atoms with E-state index in [0.717, 1.165) is 68.9 Å². The van der Waals surface area contributed by atoms with Crippen LogP contribution in [0, 0.1) is 21.6 Å². The number of piperidine rings is 1. The maximum atomic E-state index is 13.5. The lowest BCUT2D eigenvalue weighted by Crippen LogP contribution is -2.43. The van der Waals surface area contributed by atoms with Crippen molar-refractivity contribution in [3.05, 3.63) is 83.5 Å². The first-order valence-corrected chi connectivity index (χ1v) is 17.8. The fourth-order valence-electron chi connectivity index (χ4n) is 6.51. The van der Waals surface area contributed by atoms with E-state index in [0.29, 0.717) is 36.1 Å². The number of fused-ring (bicyclic) bond motifs is 1. The van der Waals surface area contributed by atoms with E-state index >= 15 is 0 Å². The molecule has 1 aliphatic carbocycles. The van der Waals surface area contributed by atoms with Crippen molar-refractivity contribution in [2.75, 3.05) is 38.0 Å². The second-order valence-corrected chi connectivity index (χ2v) is 14.5. The number of pyridine rings is 1. The number of ether oxygens (including phenoxy) is 1. The van der Waals surface area contributed by atoms with Crippen LogP contribution in [0.5, 0.6) is 5.75 Å². The maximum absolute atomic E-state index is 13.5. The van der Waals surface area contributed by atoms with Crippen LogP contribution in [0.3, 0.4) is 0 Å². The fraction of sp³-hybridized carbons (Fsp3) is 0.486. The van der Waals surface area contributed by atoms with Gasteiger partial charge in [-0.15, -0.1) is 0 Å². The summed E-state index contributed by atoms with van der Waals surface area (Å²) in [6, 6.07) is 10.8. The first kappa shape index (κ1) is 34.9. The van der Waals surface area contributed by atoms with E-state index in [4.69, 9.17) is 21.0 Å². The van der Waals surface area contributed by atoms with Crippen LogP contribution in [-0.4, -0.2) is 74.6 Å². The van der Waals surface area contributed by atoms with Crippen LogP contribution in [0.2, 0.25) is 0 Å². The van der Waals surface area contributed by atoms with Crippen LogP contribution in [0.15, 0.2) is 66.9 Å². The standard InChI is InChI=1S/C37H51N11O2/c1-37(2,3)32(38)22-34(42-26-23-41-47(24-26)21-20-45-16-9-17-45)44-36(49)43-30-13-14-31(29-11-6-5-10-28(29)30)50-27-12-15-33(39)48(25-27)35(40)46-18-7-4-8-19-46/h5-6,10-12,15,22-25,30-31,38-40,42H,4,7-9,13-14,16-21H2,1-3H3,(H2,43,44,49)/b34-22+,38-32?,39-33?,40-35?. The third-order valence-corrected chi connectivity index (χ3v) is 9.68. The largest absolute Gasteiger partial charge is 0.484 e. The first-order valence-electron chi connectivity index (χ1n) is 17.8. The molecule has 2 fully saturated rings. The van der Waals surface area contributed by atoms with Gasteiger partial charge in [-0.25, -0.2) is 4.79 Å². The van der Waals surface area contributed by atoms with Crippen molar-refractivity contribution in [3.8, 4) is 5.75 Å². The van der Waals surface area contributed by atoms with Crippen molar-refractivity contribution >= 4 is 23.4 Å². The highest BCUT2D eigenvalue weighted by atomic mass is 16.5. The molecule has 0 saturated carbocycles. The Hall–Kier alpha value is -4.91. The summed E-state index contributed by atoms with van der Waals surface area (Å²) in [6.45, 7) is 11.6. The Morgan fingerprint density at radius 1 is 0.960 bits per heavy atom. The highest BCUT2D eigenvalue weighted by Crippen LogP contribution is 2.38. The average Bonchev–Trinajstić information content (AvgIpc) is 3.52. The van der Waals surface area contributed by atoms with Gasteiger partial charge in [0.05, 0.1) is 30.7 Å². The summed E-state index contributed by atoms with van der Waals surface area (Å²) >= 11 is 0. The molecule has 266 valence electrons. The number of urea groups is 1. The van der Waals surface area contributed by atoms with Crippen LogP contribution in [-0.2, 0) is 6.54 Å². The highest BCUT2D eigenvalue weighted by Gasteiger charge is 2.30. The van der Waals surface area contributed by atoms with Gasteiger partial charge in [-0.3, -0.25) is 25.4 Å². The molecule has 50 heavy (non-hydrogen) atoms. The van der Waals surface area contributed by atoms with Gasteiger partial charge in [-0.1, -0.05) is 45.0 Å². The third-order valence-electron chi connectivity index (χ3n) is 9.68. The van der Waals surface area contributed by atoms with Crippen LogP contribution in [0.1, 0.15) is 82.6 Å². The molecule has 6 N–H and O–H groups in total. The third kappa shape index (κ3) is 8.62. The number of rotatable bonds is 10. The van der Waals surface area contributed by atoms with Crippen LogP contribution in [0.4, 0.5) is 10.5 Å². The summed E-state index contributed by atoms with van der Waals surface area (Å²) in [4.78, 5) is 17.9. The number of likely N-dealkylation sites (tertiary alicyclic amines) is 2. The van der Waals surface area contributed by atoms with Gasteiger partial charge in [-0.05, 0) is 74.9 Å². The number of hydrogen-bond acceptors (Lipinski definition) is 8. The Morgan fingerprint density at radius 3 is 2.44 bits per heavy atom. The van der Waals surface area contributed by atoms with Crippen LogP contribution in [0.25, 0.3) is 0 Å². The number of nitrogens with one attached hydrogen (secondary N) is 6. The molecule has 6 rings (SSSR count). The van der Waals surface area contributed by atoms with Crippen molar-refractivity contribution in [2.24, 2.45) is 5.41 Å². The SMILES string of the molecule is CC(C)(C)C(=N)/C=C(/NC(=O)NC1CCC(Oc2ccc(=N)n(C(=N)N3CCCCC3)c2)c2ccccc21)Nc1cnn(CCN2CCC2)c1. The molecular formula is C37H51N11O2. The summed E-state index contributed by atoms with van der Waals surface area (Å²) in [6.07, 6.45) is 12.7. The van der Waals surface area contributed by atoms with Crippen molar-refractivity contribution in [3.63, 3.8) is 0 Å². The number of carbonyl (C=O) groups excluding carboxylic acids is 1. The van der Waals surface area contributed by atoms with Gasteiger partial charge in [0, 0.05) is 43.0 Å². The van der Waals surface area contributed by atoms with E-state index in [1.165, 1.54) is 12.8 Å². The summed E-state index contributed by atoms with van der Waals surface area (Å²) in [5.74, 6) is 1.30. The van der Waals surface area contributed by atoms with Gasteiger partial charge >= 0.3 is 6.03 Å². The summed E-state index contributed by atoms with van der Waals surface area (Å²) in [5, 5.41) is 39.7. The summed E-state index contributed by atoms with van der Waals surface area (Å²) in [5.41, 5.74) is 2.91. The highest BCUT2D eigenvalue weighted by molar-refractivity contribution is 5.97. The maximum Gasteiger partial charge on any atom is 0.320 e. The van der Waals surface area contributed by atoms with E-state index in [1.807, 2.05) is 60.8 Å². The molecule has 13 nitrogen and oxygen atoms in total. The Kier molecular flexibility index (Phi) is 10.7. The molecule has 0 radical (unpaired) electrons. The minimum Gasteiger partial charge on any atom is -0.484 e. The zero-order valence-corrected chi connectivity index (χ0v) is 29.5. The summed E-state index contributed by atoms with van der Waals surface area (Å²) in [7, 11) is 0. The normalized spacial score (nSPS) is 19.6. The minimum atomic E-state index is -0.405. The molecule has 13 heteroatoms. The lowest BCUT2D eigenvalue weighted by molar-refractivity contribution is 0.170. The topological polar surface area (TPSA) is 163 Å². The molecule has 1 aromatic carbocycles. The number of hydrogen-bond donors (Lipinski definition) is 6. The molecule has 3 aromatic rings. The lowest BCUT2D eigenvalue weighted by atomic mass is 9.85. The zero-order chi connectivity index (χ0) is 35.3. The molecule has 0 bridgehead atoms. The van der Waals surface area contributed by atoms with E-state index in [-0.39, 0.29) is 23.7 Å². The second-order valence-electron chi connectivity index (χ2n) is 14.5. The Morgan fingerprint density at radius 2 is 1.72 bits per heavy atom. The molecule has 0 spiro atoms. The van der Waals surface area contributed by atoms with Gasteiger partial charge in [0.2, 0.25) is 5.96 Å². The molecule has 2 amide bonds. The van der Waals surface area contributed by atoms with Crippen molar-refractivity contribution in [2.45, 2.75) is 78.0 Å². The van der Waals surface area contributed by atoms with Gasteiger partial charge in [0.1, 0.15) is 23.2 Å². The Bertz CT molecular complexity index is 1780. The number of anilines is 1. The number of nitrogens with zero attached hydrogens (tertiary/aromatic N) is 5. The average molecular weight is 682 g/mol. The number of aromatic nitrogens is 3. The van der Waals surface area contributed by atoms with E-state index < -0.39 is 5.41 Å². The first-order chi connectivity index (χ1) is 24.0. The van der Waals surface area contributed by atoms with Crippen LogP contribution < -0.4 is 26.2 Å². The van der Waals surface area contributed by atoms with Gasteiger partial charge < -0.3 is 30.6 Å². The molecule has 2 aliphatic heterocycles. The minimum absolute atomic E-state index is 0.240. The van der Waals surface area contributed by atoms with Gasteiger partial charge in [-0.2, -0.15) is 5.10 Å². The van der Waals surface area contributed by atoms with Crippen molar-refractivity contribution in [1.29, 1.82) is 16.2 Å². The Balaban J connectivity index is 1.12. The van der Waals surface area contributed by atoms with E-state index in [9.17, 15) is 4.79 Å². The molecule has 2 unspecified atom stereocenters. The number of carbonyl (C=O) groups is 1. The quantitative estimate of drug-likeness (QED) is 0.124. The molecule has 2 atom stereocenters. The zero-order valence-electron chi connectivity index (χ0n) is 29.5. The fourth-order valence-corrected chi connectivity index (χ4v) is 6.51. The molecule has 4 heterocycles. The number of benzene rings is 1. The summed E-state index contributed by atoms with van der Waals surface area (Å²) < 4.78 is 9.99. The lowest BCUT2D eigenvalue weighted by Gasteiger charge is -2.33. The number of allylic oxidation sites excluding steroid dienone is 1. The van der Waals surface area contributed by atoms with Crippen LogP contribution >= 0.6 is 0 Å². The smallest absolute Gasteiger partial charge is 0.320 e. The van der Waals surface area contributed by atoms with Gasteiger partial charge in [0.15, 0.2) is 0 Å². The predicted octanol–water partition coefficient (Wildman–Crippen LogP) is 5.41. The Labute approximate surface area is 294 Å². The molecule has 3 aliphatic rings. The van der Waals surface area contributed by atoms with E-state index in [2.05, 4.69) is 25.9 Å². The van der Waals surface area contributed by atoms with Crippen molar-refractivity contribution < 1.29 is 9.53 Å². The van der Waals surface area contributed by atoms with Gasteiger partial charge in [0.25, 0.3) is 0 Å². The number of amides is 2. The molecular weight excluding hydrogens is 630 g/mol. The molecule has 2 aromatic heterocycles. The molecule has 2 saturated heterocycles. The van der Waals surface area contributed by atoms with Crippen molar-refractivity contribution in [1.82, 2.24) is 34.8 Å². The predicted molar refractivity (Wildman–Crippen MR) is 194 cm³/mol. The second kappa shape index (κ2) is 15.3.